The van der Waals surface area contributed by atoms with Crippen LogP contribution in [0.25, 0.3) is 21.3 Å². The Morgan fingerprint density at radius 1 is 1.21 bits per heavy atom. The van der Waals surface area contributed by atoms with E-state index in [0.29, 0.717) is 9.93 Å². The number of carbonyl (C=O) groups is 1. The maximum atomic E-state index is 11.8. The Balaban J connectivity index is 2.16. The Bertz CT molecular complexity index is 945. The third kappa shape index (κ3) is 3.38. The molecule has 0 aliphatic carbocycles. The molecule has 2 heterocycles. The maximum absolute atomic E-state index is 11.8. The second kappa shape index (κ2) is 7.04. The van der Waals surface area contributed by atoms with Gasteiger partial charge in [-0.15, -0.1) is 11.3 Å². The first kappa shape index (κ1) is 17.1. The molecule has 0 unspecified atom stereocenters. The standard InChI is InChI=1S/C17H13BrN2O2S2/c1-9(21)15(10(2)22)24-17-14-13(7-23-16(14)19-8-20-17)11-3-5-12(18)6-4-11/h3-8,21H,1-2H3. The minimum absolute atomic E-state index is 0.000293. The van der Waals surface area contributed by atoms with E-state index in [1.54, 1.807) is 0 Å². The van der Waals surface area contributed by atoms with Crippen LogP contribution in [-0.2, 0) is 4.79 Å². The van der Waals surface area contributed by atoms with Crippen molar-refractivity contribution in [3.63, 3.8) is 0 Å². The molecule has 7 heteroatoms. The summed E-state index contributed by atoms with van der Waals surface area (Å²) in [6, 6.07) is 8.00. The second-order valence-electron chi connectivity index (χ2n) is 5.09. The summed E-state index contributed by atoms with van der Waals surface area (Å²) >= 11 is 6.15. The van der Waals surface area contributed by atoms with Gasteiger partial charge in [0.1, 0.15) is 21.9 Å². The summed E-state index contributed by atoms with van der Waals surface area (Å²) in [5, 5.41) is 13.4. The van der Waals surface area contributed by atoms with Gasteiger partial charge in [0.2, 0.25) is 0 Å². The van der Waals surface area contributed by atoms with Crippen LogP contribution in [0.4, 0.5) is 0 Å². The van der Waals surface area contributed by atoms with Crippen LogP contribution >= 0.6 is 39.0 Å². The topological polar surface area (TPSA) is 63.1 Å². The monoisotopic (exact) mass is 420 g/mol. The lowest BCUT2D eigenvalue weighted by Gasteiger charge is -2.07. The number of Topliss-reactive ketones (excluding diaryl/α,β-unsaturated/α-hetero) is 1. The molecule has 2 aromatic heterocycles. The number of thiophene rings is 1. The van der Waals surface area contributed by atoms with Gasteiger partial charge in [-0.1, -0.05) is 39.8 Å². The van der Waals surface area contributed by atoms with Gasteiger partial charge in [0.15, 0.2) is 5.78 Å². The van der Waals surface area contributed by atoms with E-state index in [9.17, 15) is 9.90 Å². The summed E-state index contributed by atoms with van der Waals surface area (Å²) in [5.41, 5.74) is 2.07. The molecule has 4 nitrogen and oxygen atoms in total. The van der Waals surface area contributed by atoms with Gasteiger partial charge in [0.05, 0.1) is 10.3 Å². The highest BCUT2D eigenvalue weighted by Crippen LogP contribution is 2.40. The Morgan fingerprint density at radius 3 is 2.54 bits per heavy atom. The minimum atomic E-state index is -0.188. The van der Waals surface area contributed by atoms with Gasteiger partial charge in [-0.3, -0.25) is 4.79 Å². The zero-order chi connectivity index (χ0) is 17.3. The third-order valence-corrected chi connectivity index (χ3v) is 6.04. The second-order valence-corrected chi connectivity index (χ2v) is 7.86. The summed E-state index contributed by atoms with van der Waals surface area (Å²) in [5.74, 6) is -0.188. The van der Waals surface area contributed by atoms with E-state index in [0.717, 1.165) is 25.8 Å². The molecule has 122 valence electrons. The number of aliphatic hydroxyl groups excluding tert-OH is 1. The molecule has 0 aliphatic rings. The van der Waals surface area contributed by atoms with Crippen molar-refractivity contribution in [1.29, 1.82) is 0 Å². The molecule has 0 aliphatic heterocycles. The van der Waals surface area contributed by atoms with Crippen LogP contribution in [0.2, 0.25) is 0 Å². The number of nitrogens with zero attached hydrogens (tertiary/aromatic N) is 2. The molecule has 0 amide bonds. The predicted molar refractivity (Wildman–Crippen MR) is 102 cm³/mol. The van der Waals surface area contributed by atoms with Crippen LogP contribution in [0.1, 0.15) is 13.8 Å². The van der Waals surface area contributed by atoms with Gasteiger partial charge in [-0.25, -0.2) is 9.97 Å². The highest BCUT2D eigenvalue weighted by Gasteiger charge is 2.18. The summed E-state index contributed by atoms with van der Waals surface area (Å²) < 4.78 is 1.01. The molecule has 1 aromatic carbocycles. The van der Waals surface area contributed by atoms with E-state index in [1.165, 1.54) is 43.3 Å². The normalized spacial score (nSPS) is 12.3. The summed E-state index contributed by atoms with van der Waals surface area (Å²) in [7, 11) is 0. The zero-order valence-electron chi connectivity index (χ0n) is 12.9. The van der Waals surface area contributed by atoms with E-state index < -0.39 is 0 Å². The van der Waals surface area contributed by atoms with Crippen LogP contribution < -0.4 is 0 Å². The molecule has 0 radical (unpaired) electrons. The summed E-state index contributed by atoms with van der Waals surface area (Å²) in [4.78, 5) is 21.6. The van der Waals surface area contributed by atoms with Crippen LogP contribution in [-0.4, -0.2) is 20.9 Å². The van der Waals surface area contributed by atoms with Gasteiger partial charge in [-0.05, 0) is 31.5 Å². The predicted octanol–water partition coefficient (Wildman–Crippen LogP) is 5.59. The van der Waals surface area contributed by atoms with Crippen molar-refractivity contribution in [3.05, 3.63) is 51.1 Å². The SMILES string of the molecule is CC(=O)C(Sc1ncnc2scc(-c3ccc(Br)cc3)c12)=C(C)O. The van der Waals surface area contributed by atoms with E-state index in [4.69, 9.17) is 0 Å². The number of aromatic nitrogens is 2. The molecule has 24 heavy (non-hydrogen) atoms. The summed E-state index contributed by atoms with van der Waals surface area (Å²) in [6.45, 7) is 2.94. The van der Waals surface area contributed by atoms with Crippen LogP contribution in [0.5, 0.6) is 0 Å². The van der Waals surface area contributed by atoms with Gasteiger partial charge < -0.3 is 5.11 Å². The number of rotatable bonds is 4. The number of ketones is 1. The van der Waals surface area contributed by atoms with Crippen molar-refractivity contribution in [2.45, 2.75) is 18.9 Å². The molecule has 3 aromatic rings. The number of thioether (sulfide) groups is 1. The lowest BCUT2D eigenvalue weighted by Crippen LogP contribution is -1.97. The molecule has 0 atom stereocenters. The number of halogens is 1. The van der Waals surface area contributed by atoms with Gasteiger partial charge in [-0.2, -0.15) is 0 Å². The Labute approximate surface area is 155 Å². The molecule has 0 spiro atoms. The van der Waals surface area contributed by atoms with E-state index >= 15 is 0 Å². The average Bonchev–Trinajstić information content (AvgIpc) is 2.97. The summed E-state index contributed by atoms with van der Waals surface area (Å²) in [6.07, 6.45) is 1.48. The molecule has 1 N–H and O–H groups in total. The van der Waals surface area contributed by atoms with Gasteiger partial charge in [0.25, 0.3) is 0 Å². The Morgan fingerprint density at radius 2 is 1.92 bits per heavy atom. The molecule has 0 fully saturated rings. The first-order valence-corrected chi connectivity index (χ1v) is 9.53. The Hall–Kier alpha value is -1.70. The zero-order valence-corrected chi connectivity index (χ0v) is 16.1. The fourth-order valence-electron chi connectivity index (χ4n) is 2.26. The molecule has 3 rings (SSSR count). The van der Waals surface area contributed by atoms with Crippen LogP contribution in [0.15, 0.2) is 56.1 Å². The molecular formula is C17H13BrN2O2S2. The lowest BCUT2D eigenvalue weighted by molar-refractivity contribution is -0.113. The van der Waals surface area contributed by atoms with Crippen molar-refractivity contribution in [1.82, 2.24) is 9.97 Å². The quantitative estimate of drug-likeness (QED) is 0.258. The van der Waals surface area contributed by atoms with Crippen LogP contribution in [0.3, 0.4) is 0 Å². The van der Waals surface area contributed by atoms with Crippen molar-refractivity contribution in [2.75, 3.05) is 0 Å². The number of hydrogen-bond acceptors (Lipinski definition) is 6. The fraction of sp³-hybridized carbons (Fsp3) is 0.118. The number of fused-ring (bicyclic) bond motifs is 1. The lowest BCUT2D eigenvalue weighted by atomic mass is 10.1. The number of aliphatic hydroxyl groups is 1. The van der Waals surface area contributed by atoms with Crippen molar-refractivity contribution in [2.24, 2.45) is 0 Å². The number of allylic oxidation sites excluding steroid dienone is 2. The Kier molecular flexibility index (Phi) is 5.03. The maximum Gasteiger partial charge on any atom is 0.169 e. The molecule has 0 bridgehead atoms. The number of carbonyl (C=O) groups excluding carboxylic acids is 1. The van der Waals surface area contributed by atoms with E-state index in [1.807, 2.05) is 29.6 Å². The molecule has 0 saturated heterocycles. The average molecular weight is 421 g/mol. The molecular weight excluding hydrogens is 408 g/mol. The van der Waals surface area contributed by atoms with E-state index in [2.05, 4.69) is 25.9 Å². The van der Waals surface area contributed by atoms with E-state index in [-0.39, 0.29) is 11.5 Å². The highest BCUT2D eigenvalue weighted by molar-refractivity contribution is 9.10. The highest BCUT2D eigenvalue weighted by atomic mass is 79.9. The largest absolute Gasteiger partial charge is 0.511 e. The third-order valence-electron chi connectivity index (χ3n) is 3.34. The molecule has 0 saturated carbocycles. The first-order chi connectivity index (χ1) is 11.5. The van der Waals surface area contributed by atoms with Crippen molar-refractivity contribution >= 4 is 55.0 Å². The van der Waals surface area contributed by atoms with Crippen LogP contribution in [0, 0.1) is 0 Å². The number of benzene rings is 1. The van der Waals surface area contributed by atoms with Gasteiger partial charge in [0, 0.05) is 15.4 Å². The van der Waals surface area contributed by atoms with Crippen molar-refractivity contribution < 1.29 is 9.90 Å². The minimum Gasteiger partial charge on any atom is -0.511 e. The first-order valence-electron chi connectivity index (χ1n) is 7.04. The fourth-order valence-corrected chi connectivity index (χ4v) is 4.40. The van der Waals surface area contributed by atoms with Gasteiger partial charge >= 0.3 is 0 Å². The smallest absolute Gasteiger partial charge is 0.169 e. The van der Waals surface area contributed by atoms with Crippen molar-refractivity contribution in [3.8, 4) is 11.1 Å². The number of hydrogen-bond donors (Lipinski definition) is 1.